The van der Waals surface area contributed by atoms with E-state index in [1.807, 2.05) is 12.1 Å². The maximum Gasteiger partial charge on any atom is 0.0541 e. The molecule has 0 bridgehead atoms. The van der Waals surface area contributed by atoms with E-state index >= 15 is 0 Å². The molecular formula is C67H50N2. The molecule has 0 unspecified atom stereocenters. The molecule has 0 saturated heterocycles. The van der Waals surface area contributed by atoms with Gasteiger partial charge in [0.25, 0.3) is 0 Å². The molecule has 10 aromatic rings. The number of benzene rings is 9. The predicted molar refractivity (Wildman–Crippen MR) is 289 cm³/mol. The Morgan fingerprint density at radius 2 is 0.754 bits per heavy atom. The smallest absolute Gasteiger partial charge is 0.0541 e. The summed E-state index contributed by atoms with van der Waals surface area (Å²) in [7, 11) is 0. The fourth-order valence-corrected chi connectivity index (χ4v) is 10.0. The molecule has 328 valence electrons. The number of hydrogen-bond donors (Lipinski definition) is 0. The number of para-hydroxylation sites is 4. The first-order valence-electron chi connectivity index (χ1n) is 23.7. The van der Waals surface area contributed by atoms with Crippen LogP contribution in [0.15, 0.2) is 194 Å². The number of aryl methyl sites for hydroxylation is 4. The molecule has 69 heavy (non-hydrogen) atoms. The Morgan fingerprint density at radius 3 is 1.26 bits per heavy atom. The third-order valence-electron chi connectivity index (χ3n) is 13.8. The van der Waals surface area contributed by atoms with Crippen molar-refractivity contribution in [2.45, 2.75) is 47.0 Å². The fourth-order valence-electron chi connectivity index (χ4n) is 10.0. The fraction of sp³-hybridized carbons (Fsp3) is 0.104. The molecule has 0 spiro atoms. The summed E-state index contributed by atoms with van der Waals surface area (Å²) in [5, 5.41) is 2.55. The molecule has 0 atom stereocenters. The minimum Gasteiger partial charge on any atom is -0.311 e. The first-order chi connectivity index (χ1) is 33.6. The lowest BCUT2D eigenvalue weighted by Crippen LogP contribution is -2.15. The van der Waals surface area contributed by atoms with Crippen molar-refractivity contribution in [1.29, 1.82) is 0 Å². The Hall–Kier alpha value is -8.74. The highest BCUT2D eigenvalue weighted by molar-refractivity contribution is 6.09. The highest BCUT2D eigenvalue weighted by Gasteiger charge is 2.36. The highest BCUT2D eigenvalue weighted by Crippen LogP contribution is 2.50. The molecule has 1 aromatic heterocycles. The van der Waals surface area contributed by atoms with Crippen LogP contribution in [-0.4, -0.2) is 4.57 Å². The molecule has 1 aliphatic carbocycles. The summed E-state index contributed by atoms with van der Waals surface area (Å²) in [4.78, 5) is 2.26. The average Bonchev–Trinajstić information content (AvgIpc) is 3.82. The average molecular weight is 883 g/mol. The van der Waals surface area contributed by atoms with Gasteiger partial charge in [-0.2, -0.15) is 0 Å². The van der Waals surface area contributed by atoms with Gasteiger partial charge in [-0.15, -0.1) is 0 Å². The zero-order valence-electron chi connectivity index (χ0n) is 39.9. The number of aromatic nitrogens is 1. The van der Waals surface area contributed by atoms with Gasteiger partial charge in [0.05, 0.1) is 11.0 Å². The van der Waals surface area contributed by atoms with Crippen LogP contribution in [0.5, 0.6) is 0 Å². The Balaban J connectivity index is 0.804. The van der Waals surface area contributed by atoms with Crippen LogP contribution < -0.4 is 4.90 Å². The minimum atomic E-state index is -0.183. The first kappa shape index (κ1) is 42.9. The predicted octanol–water partition coefficient (Wildman–Crippen LogP) is 16.0. The van der Waals surface area contributed by atoms with Crippen molar-refractivity contribution < 1.29 is 0 Å². The van der Waals surface area contributed by atoms with Gasteiger partial charge in [-0.1, -0.05) is 134 Å². The van der Waals surface area contributed by atoms with Gasteiger partial charge in [0.15, 0.2) is 0 Å². The molecule has 0 fully saturated rings. The van der Waals surface area contributed by atoms with E-state index in [-0.39, 0.29) is 5.41 Å². The molecule has 11 rings (SSSR count). The van der Waals surface area contributed by atoms with E-state index in [9.17, 15) is 0 Å². The van der Waals surface area contributed by atoms with Gasteiger partial charge in [0, 0.05) is 72.3 Å². The molecule has 1 heterocycles. The third kappa shape index (κ3) is 7.96. The standard InChI is InChI=1S/C67H50N2/c1-45-41-53(47(3)39-51(45)30-25-49-27-34-57(35-28-49)68(55-17-9-7-10-18-55)56-19-11-8-12-20-56)32-33-54-42-46(2)52(40-48(54)4)31-26-50-29-37-59-60-38-36-58(44-64(60)67(5,6)63(59)43-50)69-65-23-15-13-21-61(65)62-22-14-16-24-66(62)69/h7-24,27-29,34-44H,1-6H3. The molecule has 1 aliphatic rings. The van der Waals surface area contributed by atoms with Crippen LogP contribution >= 0.6 is 0 Å². The molecule has 0 aliphatic heterocycles. The number of hydrogen-bond acceptors (Lipinski definition) is 1. The summed E-state index contributed by atoms with van der Waals surface area (Å²) in [6, 6.07) is 69.2. The summed E-state index contributed by atoms with van der Waals surface area (Å²) in [5.74, 6) is 20.9. The molecule has 0 N–H and O–H groups in total. The van der Waals surface area contributed by atoms with Crippen molar-refractivity contribution in [3.05, 3.63) is 261 Å². The van der Waals surface area contributed by atoms with E-state index in [1.165, 1.54) is 49.7 Å². The Morgan fingerprint density at radius 1 is 0.362 bits per heavy atom. The van der Waals surface area contributed by atoms with E-state index in [4.69, 9.17) is 0 Å². The van der Waals surface area contributed by atoms with Crippen LogP contribution in [-0.2, 0) is 5.41 Å². The van der Waals surface area contributed by atoms with Gasteiger partial charge in [-0.25, -0.2) is 0 Å². The van der Waals surface area contributed by atoms with Crippen molar-refractivity contribution in [2.75, 3.05) is 4.90 Å². The summed E-state index contributed by atoms with van der Waals surface area (Å²) in [6.07, 6.45) is 0. The van der Waals surface area contributed by atoms with E-state index in [0.717, 1.165) is 72.7 Å². The monoisotopic (exact) mass is 882 g/mol. The van der Waals surface area contributed by atoms with Crippen molar-refractivity contribution in [3.8, 4) is 52.3 Å². The molecule has 0 saturated carbocycles. The second kappa shape index (κ2) is 17.5. The van der Waals surface area contributed by atoms with Gasteiger partial charge in [-0.3, -0.25) is 0 Å². The lowest BCUT2D eigenvalue weighted by Gasteiger charge is -2.25. The maximum absolute atomic E-state index is 3.53. The van der Waals surface area contributed by atoms with Crippen LogP contribution in [0.4, 0.5) is 17.1 Å². The second-order valence-electron chi connectivity index (χ2n) is 18.8. The quantitative estimate of drug-likeness (QED) is 0.160. The summed E-state index contributed by atoms with van der Waals surface area (Å²) < 4.78 is 2.41. The van der Waals surface area contributed by atoms with Gasteiger partial charge >= 0.3 is 0 Å². The molecule has 2 heteroatoms. The van der Waals surface area contributed by atoms with Crippen LogP contribution in [0.3, 0.4) is 0 Å². The van der Waals surface area contributed by atoms with Gasteiger partial charge < -0.3 is 9.47 Å². The Bertz CT molecular complexity index is 3760. The number of rotatable bonds is 4. The number of fused-ring (bicyclic) bond motifs is 6. The normalized spacial score (nSPS) is 12.0. The molecule has 9 aromatic carbocycles. The zero-order valence-corrected chi connectivity index (χ0v) is 39.9. The lowest BCUT2D eigenvalue weighted by atomic mass is 9.82. The van der Waals surface area contributed by atoms with Gasteiger partial charge in [0.1, 0.15) is 0 Å². The molecule has 2 nitrogen and oxygen atoms in total. The Kier molecular flexibility index (Phi) is 10.9. The van der Waals surface area contributed by atoms with Crippen molar-refractivity contribution >= 4 is 38.9 Å². The summed E-state index contributed by atoms with van der Waals surface area (Å²) in [5.41, 5.74) is 22.5. The molecule has 0 amide bonds. The van der Waals surface area contributed by atoms with Crippen LogP contribution in [0, 0.1) is 63.2 Å². The topological polar surface area (TPSA) is 8.17 Å². The zero-order chi connectivity index (χ0) is 47.2. The molecule has 0 radical (unpaired) electrons. The van der Waals surface area contributed by atoms with Crippen molar-refractivity contribution in [3.63, 3.8) is 0 Å². The number of anilines is 3. The maximum atomic E-state index is 3.53. The van der Waals surface area contributed by atoms with Crippen LogP contribution in [0.2, 0.25) is 0 Å². The van der Waals surface area contributed by atoms with E-state index in [1.54, 1.807) is 0 Å². The Labute approximate surface area is 406 Å². The van der Waals surface area contributed by atoms with E-state index < -0.39 is 0 Å². The second-order valence-corrected chi connectivity index (χ2v) is 18.8. The van der Waals surface area contributed by atoms with Gasteiger partial charge in [-0.05, 0) is 181 Å². The number of nitrogens with zero attached hydrogens (tertiary/aromatic N) is 2. The summed E-state index contributed by atoms with van der Waals surface area (Å²) in [6.45, 7) is 13.2. The van der Waals surface area contributed by atoms with Crippen LogP contribution in [0.25, 0.3) is 38.6 Å². The third-order valence-corrected chi connectivity index (χ3v) is 13.8. The first-order valence-corrected chi connectivity index (χ1v) is 23.7. The lowest BCUT2D eigenvalue weighted by molar-refractivity contribution is 0.659. The summed E-state index contributed by atoms with van der Waals surface area (Å²) >= 11 is 0. The van der Waals surface area contributed by atoms with Crippen LogP contribution in [0.1, 0.15) is 80.6 Å². The molecular weight excluding hydrogens is 833 g/mol. The van der Waals surface area contributed by atoms with Crippen molar-refractivity contribution in [1.82, 2.24) is 4.57 Å². The SMILES string of the molecule is Cc1cc(C#Cc2cc(C)c(C#Cc3ccc4c(c3)C(C)(C)c3cc(-n5c6ccccc6c6ccccc65)ccc3-4)cc2C)c(C)cc1C#Cc1ccc(N(c2ccccc2)c2ccccc2)cc1. The van der Waals surface area contributed by atoms with Gasteiger partial charge in [0.2, 0.25) is 0 Å². The minimum absolute atomic E-state index is 0.183. The highest BCUT2D eigenvalue weighted by atomic mass is 15.1. The van der Waals surface area contributed by atoms with Crippen molar-refractivity contribution in [2.24, 2.45) is 0 Å². The van der Waals surface area contributed by atoms with E-state index in [0.29, 0.717) is 0 Å². The van der Waals surface area contributed by atoms with E-state index in [2.05, 4.69) is 269 Å². The largest absolute Gasteiger partial charge is 0.311 e.